The van der Waals surface area contributed by atoms with Crippen molar-refractivity contribution in [1.29, 1.82) is 0 Å². The Morgan fingerprint density at radius 2 is 1.61 bits per heavy atom. The first-order valence-electron chi connectivity index (χ1n) is 9.67. The van der Waals surface area contributed by atoms with Crippen molar-refractivity contribution in [2.45, 2.75) is 84.0 Å². The summed E-state index contributed by atoms with van der Waals surface area (Å²) < 4.78 is 0. The van der Waals surface area contributed by atoms with Crippen molar-refractivity contribution in [2.75, 3.05) is 39.3 Å². The highest BCUT2D eigenvalue weighted by atomic mass is 15.2. The molecule has 136 valence electrons. The van der Waals surface area contributed by atoms with Crippen LogP contribution in [0.5, 0.6) is 0 Å². The molecule has 3 rings (SSSR count). The van der Waals surface area contributed by atoms with E-state index in [0.717, 1.165) is 19.6 Å². The Morgan fingerprint density at radius 1 is 0.870 bits per heavy atom. The molecule has 4 nitrogen and oxygen atoms in total. The van der Waals surface area contributed by atoms with Gasteiger partial charge in [0.15, 0.2) is 0 Å². The van der Waals surface area contributed by atoms with Crippen LogP contribution < -0.4 is 10.6 Å². The largest absolute Gasteiger partial charge is 0.313 e. The number of rotatable bonds is 0. The molecule has 0 radical (unpaired) electrons. The predicted molar refractivity (Wildman–Crippen MR) is 100 cm³/mol. The fourth-order valence-electron chi connectivity index (χ4n) is 4.61. The molecule has 23 heavy (non-hydrogen) atoms. The van der Waals surface area contributed by atoms with E-state index in [4.69, 9.17) is 0 Å². The third-order valence-corrected chi connectivity index (χ3v) is 5.84. The van der Waals surface area contributed by atoms with Crippen molar-refractivity contribution >= 4 is 0 Å². The Balaban J connectivity index is 2.12. The molecule has 3 aliphatic heterocycles. The molecular formula is C19H40N4. The Kier molecular flexibility index (Phi) is 6.51. The smallest absolute Gasteiger partial charge is 0.0168 e. The van der Waals surface area contributed by atoms with Crippen LogP contribution >= 0.6 is 0 Å². The summed E-state index contributed by atoms with van der Waals surface area (Å²) in [4.78, 5) is 5.42. The number of fused-ring (bicyclic) bond motifs is 12. The molecule has 3 saturated heterocycles. The Labute approximate surface area is 144 Å². The minimum Gasteiger partial charge on any atom is -0.313 e. The number of hydrogen-bond donors (Lipinski definition) is 2. The SMILES string of the molecule is C[C@@H]1CC(C)(C)NCCN2CCCN(CCN1)C(C)(C)C[C@H]2C. The van der Waals surface area contributed by atoms with Crippen LogP contribution in [0.25, 0.3) is 0 Å². The molecule has 3 heterocycles. The van der Waals surface area contributed by atoms with E-state index in [1.165, 1.54) is 38.9 Å². The van der Waals surface area contributed by atoms with Crippen LogP contribution in [0.4, 0.5) is 0 Å². The summed E-state index contributed by atoms with van der Waals surface area (Å²) in [5.41, 5.74) is 0.494. The summed E-state index contributed by atoms with van der Waals surface area (Å²) in [6.45, 7) is 21.3. The van der Waals surface area contributed by atoms with Gasteiger partial charge < -0.3 is 10.6 Å². The first kappa shape index (κ1) is 19.2. The van der Waals surface area contributed by atoms with Crippen molar-refractivity contribution in [2.24, 2.45) is 0 Å². The topological polar surface area (TPSA) is 30.5 Å². The van der Waals surface area contributed by atoms with Gasteiger partial charge >= 0.3 is 0 Å². The summed E-state index contributed by atoms with van der Waals surface area (Å²) >= 11 is 0. The normalized spacial score (nSPS) is 39.4. The molecule has 3 aliphatic rings. The van der Waals surface area contributed by atoms with E-state index in [-0.39, 0.29) is 5.54 Å². The van der Waals surface area contributed by atoms with Gasteiger partial charge in [-0.1, -0.05) is 0 Å². The highest BCUT2D eigenvalue weighted by molar-refractivity contribution is 4.90. The quantitative estimate of drug-likeness (QED) is 0.716. The lowest BCUT2D eigenvalue weighted by atomic mass is 9.91. The lowest BCUT2D eigenvalue weighted by molar-refractivity contribution is 0.0440. The second kappa shape index (κ2) is 7.81. The molecule has 2 unspecified atom stereocenters. The van der Waals surface area contributed by atoms with E-state index in [1.54, 1.807) is 0 Å². The van der Waals surface area contributed by atoms with E-state index >= 15 is 0 Å². The third-order valence-electron chi connectivity index (χ3n) is 5.84. The van der Waals surface area contributed by atoms with Crippen molar-refractivity contribution < 1.29 is 0 Å². The summed E-state index contributed by atoms with van der Waals surface area (Å²) in [6.07, 6.45) is 3.71. The lowest BCUT2D eigenvalue weighted by Gasteiger charge is -2.46. The molecule has 0 aromatic carbocycles. The second-order valence-electron chi connectivity index (χ2n) is 9.11. The van der Waals surface area contributed by atoms with Gasteiger partial charge in [-0.25, -0.2) is 0 Å². The molecule has 0 saturated carbocycles. The van der Waals surface area contributed by atoms with Gasteiger partial charge in [-0.05, 0) is 73.9 Å². The second-order valence-corrected chi connectivity index (χ2v) is 9.11. The van der Waals surface area contributed by atoms with Crippen molar-refractivity contribution in [1.82, 2.24) is 20.4 Å². The van der Waals surface area contributed by atoms with Crippen LogP contribution in [-0.4, -0.2) is 72.2 Å². The maximum atomic E-state index is 3.79. The third kappa shape index (κ3) is 5.70. The molecular weight excluding hydrogens is 284 g/mol. The van der Waals surface area contributed by atoms with Crippen LogP contribution in [-0.2, 0) is 0 Å². The molecule has 2 bridgehead atoms. The summed E-state index contributed by atoms with van der Waals surface area (Å²) in [6, 6.07) is 1.22. The Bertz CT molecular complexity index is 366. The molecule has 0 aromatic heterocycles. The first-order chi connectivity index (χ1) is 10.7. The molecule has 2 N–H and O–H groups in total. The summed E-state index contributed by atoms with van der Waals surface area (Å²) in [5, 5.41) is 7.54. The Hall–Kier alpha value is -0.160. The fourth-order valence-corrected chi connectivity index (χ4v) is 4.61. The fraction of sp³-hybridized carbons (Fsp3) is 1.00. The standard InChI is InChI=1S/C19H40N4/c1-16-14-18(3,4)21-9-12-22-10-7-11-23(13-8-20-16)19(5,6)15-17(22)2/h16-17,20-21H,7-15H2,1-6H3/t16-,17-/m1/s1. The zero-order valence-corrected chi connectivity index (χ0v) is 16.4. The van der Waals surface area contributed by atoms with E-state index in [2.05, 4.69) is 62.0 Å². The van der Waals surface area contributed by atoms with E-state index in [0.29, 0.717) is 17.6 Å². The van der Waals surface area contributed by atoms with Crippen LogP contribution in [0.1, 0.15) is 60.8 Å². The average molecular weight is 325 g/mol. The van der Waals surface area contributed by atoms with Gasteiger partial charge in [0, 0.05) is 49.3 Å². The molecule has 4 atom stereocenters. The Morgan fingerprint density at radius 3 is 2.35 bits per heavy atom. The molecule has 3 fully saturated rings. The van der Waals surface area contributed by atoms with E-state index in [1.807, 2.05) is 0 Å². The highest BCUT2D eigenvalue weighted by Crippen LogP contribution is 2.26. The molecule has 0 amide bonds. The number of hydrogen-bond acceptors (Lipinski definition) is 4. The van der Waals surface area contributed by atoms with Gasteiger partial charge in [-0.3, -0.25) is 9.80 Å². The molecule has 0 aromatic rings. The van der Waals surface area contributed by atoms with Crippen LogP contribution in [0.15, 0.2) is 0 Å². The van der Waals surface area contributed by atoms with Crippen molar-refractivity contribution in [3.8, 4) is 0 Å². The summed E-state index contributed by atoms with van der Waals surface area (Å²) in [5.74, 6) is 0. The predicted octanol–water partition coefficient (Wildman–Crippen LogP) is 2.30. The van der Waals surface area contributed by atoms with Crippen molar-refractivity contribution in [3.63, 3.8) is 0 Å². The van der Waals surface area contributed by atoms with Gasteiger partial charge in [0.1, 0.15) is 0 Å². The first-order valence-corrected chi connectivity index (χ1v) is 9.67. The average Bonchev–Trinajstić information content (AvgIpc) is 2.40. The minimum absolute atomic E-state index is 0.203. The van der Waals surface area contributed by atoms with Gasteiger partial charge in [-0.15, -0.1) is 0 Å². The van der Waals surface area contributed by atoms with Crippen LogP contribution in [0, 0.1) is 0 Å². The van der Waals surface area contributed by atoms with Gasteiger partial charge in [0.2, 0.25) is 0 Å². The molecule has 4 heteroatoms. The maximum absolute atomic E-state index is 3.79. The highest BCUT2D eigenvalue weighted by Gasteiger charge is 2.32. The maximum Gasteiger partial charge on any atom is 0.0168 e. The van der Waals surface area contributed by atoms with Gasteiger partial charge in [0.05, 0.1) is 0 Å². The zero-order chi connectivity index (χ0) is 17.1. The van der Waals surface area contributed by atoms with E-state index < -0.39 is 0 Å². The van der Waals surface area contributed by atoms with Crippen molar-refractivity contribution in [3.05, 3.63) is 0 Å². The van der Waals surface area contributed by atoms with E-state index in [9.17, 15) is 0 Å². The number of nitrogens with one attached hydrogen (secondary N) is 2. The van der Waals surface area contributed by atoms with Gasteiger partial charge in [0.25, 0.3) is 0 Å². The number of nitrogens with zero attached hydrogens (tertiary/aromatic N) is 2. The molecule has 0 aliphatic carbocycles. The molecule has 0 spiro atoms. The summed E-state index contributed by atoms with van der Waals surface area (Å²) in [7, 11) is 0. The van der Waals surface area contributed by atoms with Crippen LogP contribution in [0.3, 0.4) is 0 Å². The minimum atomic E-state index is 0.203. The zero-order valence-electron chi connectivity index (χ0n) is 16.4. The van der Waals surface area contributed by atoms with Gasteiger partial charge in [-0.2, -0.15) is 0 Å². The lowest BCUT2D eigenvalue weighted by Crippen LogP contribution is -2.56. The monoisotopic (exact) mass is 324 g/mol. The van der Waals surface area contributed by atoms with Crippen LogP contribution in [0.2, 0.25) is 0 Å².